The van der Waals surface area contributed by atoms with E-state index in [0.29, 0.717) is 12.4 Å². The van der Waals surface area contributed by atoms with Crippen LogP contribution < -0.4 is 15.2 Å². The summed E-state index contributed by atoms with van der Waals surface area (Å²) in [4.78, 5) is 2.41. The molecule has 7 heteroatoms. The van der Waals surface area contributed by atoms with Gasteiger partial charge in [-0.2, -0.15) is 0 Å². The Balaban J connectivity index is 1.82. The Kier molecular flexibility index (Phi) is 5.36. The number of nitrogens with one attached hydrogen (secondary N) is 1. The van der Waals surface area contributed by atoms with Crippen molar-refractivity contribution in [1.82, 2.24) is 10.2 Å². The highest BCUT2D eigenvalue weighted by atomic mass is 32.2. The molecular weight excluding hydrogens is 278 g/mol. The molecule has 0 saturated carbocycles. The maximum Gasteiger partial charge on any atom is 0.241 e. The predicted molar refractivity (Wildman–Crippen MR) is 77.2 cm³/mol. The molecule has 3 N–H and O–H groups in total. The van der Waals surface area contributed by atoms with Crippen molar-refractivity contribution in [1.29, 1.82) is 0 Å². The summed E-state index contributed by atoms with van der Waals surface area (Å²) in [5, 5.41) is 8.46. The average molecular weight is 299 g/mol. The number of rotatable bonds is 6. The molecule has 0 aliphatic carbocycles. The Hall–Kier alpha value is -1.15. The van der Waals surface area contributed by atoms with Gasteiger partial charge in [0.15, 0.2) is 0 Å². The molecule has 0 unspecified atom stereocenters. The van der Waals surface area contributed by atoms with Gasteiger partial charge in [0.05, 0.1) is 6.61 Å². The Morgan fingerprint density at radius 2 is 1.95 bits per heavy atom. The lowest BCUT2D eigenvalue weighted by Gasteiger charge is -2.27. The molecule has 6 nitrogen and oxygen atoms in total. The zero-order chi connectivity index (χ0) is 14.4. The zero-order valence-electron chi connectivity index (χ0n) is 11.4. The predicted octanol–water partition coefficient (Wildman–Crippen LogP) is 0.00810. The second-order valence-electron chi connectivity index (χ2n) is 4.79. The van der Waals surface area contributed by atoms with Gasteiger partial charge in [-0.05, 0) is 18.6 Å². The maximum atomic E-state index is 11.4. The first-order valence-corrected chi connectivity index (χ1v) is 8.30. The second-order valence-corrected chi connectivity index (χ2v) is 6.32. The summed E-state index contributed by atoms with van der Waals surface area (Å²) in [6.07, 6.45) is 0.860. The van der Waals surface area contributed by atoms with Crippen molar-refractivity contribution in [3.63, 3.8) is 0 Å². The molecule has 0 bridgehead atoms. The molecule has 0 aromatic heterocycles. The maximum absolute atomic E-state index is 11.4. The van der Waals surface area contributed by atoms with E-state index in [-0.39, 0.29) is 4.90 Å². The highest BCUT2D eigenvalue weighted by molar-refractivity contribution is 7.89. The third-order valence-electron chi connectivity index (χ3n) is 3.24. The number of hydrogen-bond donors (Lipinski definition) is 2. The normalized spacial score (nSPS) is 17.1. The van der Waals surface area contributed by atoms with E-state index >= 15 is 0 Å². The van der Waals surface area contributed by atoms with E-state index in [2.05, 4.69) is 10.2 Å². The van der Waals surface area contributed by atoms with Gasteiger partial charge in [0.25, 0.3) is 0 Å². The highest BCUT2D eigenvalue weighted by Crippen LogP contribution is 2.21. The fraction of sp³-hybridized carbons (Fsp3) is 0.538. The van der Waals surface area contributed by atoms with E-state index in [9.17, 15) is 8.42 Å². The lowest BCUT2D eigenvalue weighted by Crippen LogP contribution is -2.44. The molecule has 1 aromatic carbocycles. The summed E-state index contributed by atoms with van der Waals surface area (Å²) in [5.74, 6) is 0.329. The molecule has 20 heavy (non-hydrogen) atoms. The Morgan fingerprint density at radius 1 is 1.25 bits per heavy atom. The molecule has 1 saturated heterocycles. The van der Waals surface area contributed by atoms with Gasteiger partial charge >= 0.3 is 0 Å². The van der Waals surface area contributed by atoms with Crippen LogP contribution in [0.4, 0.5) is 0 Å². The molecule has 0 amide bonds. The number of piperazine rings is 1. The Labute approximate surface area is 120 Å². The van der Waals surface area contributed by atoms with Crippen LogP contribution in [0.1, 0.15) is 6.42 Å². The fourth-order valence-corrected chi connectivity index (χ4v) is 2.89. The molecule has 1 aromatic rings. The summed E-state index contributed by atoms with van der Waals surface area (Å²) >= 11 is 0. The van der Waals surface area contributed by atoms with Crippen LogP contribution in [-0.2, 0) is 10.0 Å². The minimum atomic E-state index is -3.73. The van der Waals surface area contributed by atoms with Crippen LogP contribution >= 0.6 is 0 Å². The van der Waals surface area contributed by atoms with Crippen molar-refractivity contribution < 1.29 is 13.2 Å². The summed E-state index contributed by atoms with van der Waals surface area (Å²) in [6.45, 7) is 5.58. The molecule has 1 aliphatic heterocycles. The molecule has 0 atom stereocenters. The van der Waals surface area contributed by atoms with Crippen LogP contribution in [0.5, 0.6) is 5.75 Å². The number of nitrogens with two attached hydrogens (primary N) is 1. The molecule has 0 spiro atoms. The van der Waals surface area contributed by atoms with Gasteiger partial charge in [-0.1, -0.05) is 12.1 Å². The number of hydrogen-bond acceptors (Lipinski definition) is 5. The molecule has 1 aliphatic rings. The largest absolute Gasteiger partial charge is 0.492 e. The van der Waals surface area contributed by atoms with Gasteiger partial charge in [-0.25, -0.2) is 13.6 Å². The zero-order valence-corrected chi connectivity index (χ0v) is 12.2. The fourth-order valence-electron chi connectivity index (χ4n) is 2.21. The van der Waals surface area contributed by atoms with Gasteiger partial charge in [0.2, 0.25) is 10.0 Å². The van der Waals surface area contributed by atoms with Crippen LogP contribution in [0.2, 0.25) is 0 Å². The van der Waals surface area contributed by atoms with Crippen molar-refractivity contribution in [2.75, 3.05) is 39.3 Å². The van der Waals surface area contributed by atoms with Crippen molar-refractivity contribution in [2.24, 2.45) is 5.14 Å². The minimum Gasteiger partial charge on any atom is -0.492 e. The van der Waals surface area contributed by atoms with Crippen LogP contribution in [0, 0.1) is 0 Å². The number of primary sulfonamides is 1. The first-order valence-electron chi connectivity index (χ1n) is 6.75. The molecule has 1 heterocycles. The average Bonchev–Trinajstić information content (AvgIpc) is 2.44. The van der Waals surface area contributed by atoms with Crippen molar-refractivity contribution >= 4 is 10.0 Å². The molecule has 2 rings (SSSR count). The SMILES string of the molecule is NS(=O)(=O)c1ccccc1OCCCN1CCNCC1. The molecule has 1 fully saturated rings. The Morgan fingerprint density at radius 3 is 2.65 bits per heavy atom. The van der Waals surface area contributed by atoms with Gasteiger partial charge in [-0.3, -0.25) is 0 Å². The van der Waals surface area contributed by atoms with Crippen molar-refractivity contribution in [2.45, 2.75) is 11.3 Å². The van der Waals surface area contributed by atoms with Crippen molar-refractivity contribution in [3.8, 4) is 5.75 Å². The minimum absolute atomic E-state index is 0.0437. The van der Waals surface area contributed by atoms with Crippen LogP contribution in [0.3, 0.4) is 0 Å². The molecule has 0 radical (unpaired) electrons. The molecule has 112 valence electrons. The highest BCUT2D eigenvalue weighted by Gasteiger charge is 2.14. The summed E-state index contributed by atoms with van der Waals surface area (Å²) in [6, 6.07) is 6.46. The summed E-state index contributed by atoms with van der Waals surface area (Å²) in [5.41, 5.74) is 0. The van der Waals surface area contributed by atoms with E-state index in [1.807, 2.05) is 0 Å². The van der Waals surface area contributed by atoms with E-state index in [0.717, 1.165) is 39.1 Å². The number of ether oxygens (including phenoxy) is 1. The van der Waals surface area contributed by atoms with Crippen LogP contribution in [0.25, 0.3) is 0 Å². The first kappa shape index (κ1) is 15.2. The van der Waals surface area contributed by atoms with Crippen LogP contribution in [0.15, 0.2) is 29.2 Å². The van der Waals surface area contributed by atoms with Gasteiger partial charge in [0, 0.05) is 32.7 Å². The van der Waals surface area contributed by atoms with Gasteiger partial charge < -0.3 is 15.0 Å². The third-order valence-corrected chi connectivity index (χ3v) is 4.19. The first-order chi connectivity index (χ1) is 9.57. The quantitative estimate of drug-likeness (QED) is 0.723. The van der Waals surface area contributed by atoms with Crippen LogP contribution in [-0.4, -0.2) is 52.6 Å². The summed E-state index contributed by atoms with van der Waals surface area (Å²) in [7, 11) is -3.73. The summed E-state index contributed by atoms with van der Waals surface area (Å²) < 4.78 is 28.4. The third kappa shape index (κ3) is 4.45. The number of sulfonamides is 1. The topological polar surface area (TPSA) is 84.7 Å². The monoisotopic (exact) mass is 299 g/mol. The van der Waals surface area contributed by atoms with Crippen molar-refractivity contribution in [3.05, 3.63) is 24.3 Å². The van der Waals surface area contributed by atoms with E-state index in [1.165, 1.54) is 6.07 Å². The lowest BCUT2D eigenvalue weighted by atomic mass is 10.3. The Bertz CT molecular complexity index is 527. The number of benzene rings is 1. The standard InChI is InChI=1S/C13H21N3O3S/c14-20(17,18)13-5-2-1-4-12(13)19-11-3-8-16-9-6-15-7-10-16/h1-2,4-5,15H,3,6-11H2,(H2,14,17,18). The van der Waals surface area contributed by atoms with Gasteiger partial charge in [0.1, 0.15) is 10.6 Å². The van der Waals surface area contributed by atoms with E-state index < -0.39 is 10.0 Å². The van der Waals surface area contributed by atoms with E-state index in [4.69, 9.17) is 9.88 Å². The smallest absolute Gasteiger partial charge is 0.241 e. The second kappa shape index (κ2) is 7.03. The lowest BCUT2D eigenvalue weighted by molar-refractivity contribution is 0.212. The van der Waals surface area contributed by atoms with E-state index in [1.54, 1.807) is 18.2 Å². The molecular formula is C13H21N3O3S. The van der Waals surface area contributed by atoms with Gasteiger partial charge in [-0.15, -0.1) is 0 Å². The number of nitrogens with zero attached hydrogens (tertiary/aromatic N) is 1. The number of para-hydroxylation sites is 1.